The van der Waals surface area contributed by atoms with Crippen molar-refractivity contribution in [3.05, 3.63) is 82.9 Å². The number of hydrogen-bond acceptors (Lipinski definition) is 5. The molecule has 0 aliphatic heterocycles. The van der Waals surface area contributed by atoms with Crippen LogP contribution in [0.25, 0.3) is 0 Å². The number of rotatable bonds is 7. The van der Waals surface area contributed by atoms with Gasteiger partial charge < -0.3 is 10.1 Å². The first kappa shape index (κ1) is 22.3. The number of benzene rings is 3. The zero-order valence-electron chi connectivity index (χ0n) is 16.7. The largest absolute Gasteiger partial charge is 0.495 e. The molecule has 0 aromatic heterocycles. The van der Waals surface area contributed by atoms with Crippen LogP contribution in [0.1, 0.15) is 27.6 Å². The van der Waals surface area contributed by atoms with Crippen molar-refractivity contribution in [1.82, 2.24) is 0 Å². The van der Waals surface area contributed by atoms with Crippen LogP contribution in [0, 0.1) is 0 Å². The quantitative estimate of drug-likeness (QED) is 0.503. The van der Waals surface area contributed by atoms with Crippen LogP contribution in [0.4, 0.5) is 11.4 Å². The van der Waals surface area contributed by atoms with E-state index in [9.17, 15) is 18.0 Å². The van der Waals surface area contributed by atoms with Crippen molar-refractivity contribution >= 4 is 44.7 Å². The van der Waals surface area contributed by atoms with Gasteiger partial charge >= 0.3 is 0 Å². The van der Waals surface area contributed by atoms with Crippen LogP contribution in [0.3, 0.4) is 0 Å². The van der Waals surface area contributed by atoms with Crippen molar-refractivity contribution in [3.63, 3.8) is 0 Å². The lowest BCUT2D eigenvalue weighted by Gasteiger charge is -2.11. The molecule has 31 heavy (non-hydrogen) atoms. The maximum atomic E-state index is 12.5. The molecule has 3 rings (SSSR count). The van der Waals surface area contributed by atoms with Gasteiger partial charge in [0.15, 0.2) is 5.78 Å². The second-order valence-corrected chi connectivity index (χ2v) is 8.68. The van der Waals surface area contributed by atoms with E-state index >= 15 is 0 Å². The number of ether oxygens (including phenoxy) is 1. The highest BCUT2D eigenvalue weighted by molar-refractivity contribution is 7.92. The minimum Gasteiger partial charge on any atom is -0.495 e. The minimum atomic E-state index is -3.84. The molecule has 0 fully saturated rings. The zero-order valence-corrected chi connectivity index (χ0v) is 18.3. The molecule has 0 aliphatic rings. The summed E-state index contributed by atoms with van der Waals surface area (Å²) in [7, 11) is -2.36. The summed E-state index contributed by atoms with van der Waals surface area (Å²) >= 11 is 5.97. The smallest absolute Gasteiger partial charge is 0.261 e. The third-order valence-electron chi connectivity index (χ3n) is 4.38. The minimum absolute atomic E-state index is 0.0207. The van der Waals surface area contributed by atoms with Crippen molar-refractivity contribution in [3.8, 4) is 5.75 Å². The Morgan fingerprint density at radius 3 is 2.10 bits per heavy atom. The van der Waals surface area contributed by atoms with Crippen LogP contribution >= 0.6 is 11.6 Å². The molecular weight excluding hydrogens is 440 g/mol. The first-order valence-electron chi connectivity index (χ1n) is 9.08. The highest BCUT2D eigenvalue weighted by atomic mass is 35.5. The van der Waals surface area contributed by atoms with Crippen LogP contribution < -0.4 is 14.8 Å². The maximum Gasteiger partial charge on any atom is 0.261 e. The Bertz CT molecular complexity index is 1220. The maximum absolute atomic E-state index is 12.5. The molecule has 0 spiro atoms. The van der Waals surface area contributed by atoms with Gasteiger partial charge in [-0.05, 0) is 61.5 Å². The molecule has 0 unspecified atom stereocenters. The van der Waals surface area contributed by atoms with E-state index in [4.69, 9.17) is 16.3 Å². The number of amides is 1. The van der Waals surface area contributed by atoms with Crippen LogP contribution in [0.5, 0.6) is 5.75 Å². The molecule has 3 aromatic rings. The molecule has 0 heterocycles. The Morgan fingerprint density at radius 2 is 1.52 bits per heavy atom. The monoisotopic (exact) mass is 458 g/mol. The van der Waals surface area contributed by atoms with Gasteiger partial charge in [-0.15, -0.1) is 0 Å². The third-order valence-corrected chi connectivity index (χ3v) is 6.01. The first-order valence-corrected chi connectivity index (χ1v) is 10.9. The molecule has 160 valence electrons. The van der Waals surface area contributed by atoms with Crippen LogP contribution in [0.2, 0.25) is 5.02 Å². The Labute approximate surface area is 185 Å². The number of halogens is 1. The standard InChI is InChI=1S/C22H19ClN2O5S/c1-14(26)15-5-10-19(11-6-15)31(28,29)25-18-8-3-16(4-9-18)22(27)24-20-13-17(23)7-12-21(20)30-2/h3-13,25H,1-2H3,(H,24,27). The van der Waals surface area contributed by atoms with Gasteiger partial charge in [-0.2, -0.15) is 0 Å². The van der Waals surface area contributed by atoms with Gasteiger partial charge in [0.1, 0.15) is 5.75 Å². The van der Waals surface area contributed by atoms with E-state index in [1.807, 2.05) is 0 Å². The molecule has 3 aromatic carbocycles. The molecule has 0 saturated heterocycles. The Balaban J connectivity index is 1.73. The number of Topliss-reactive ketones (excluding diaryl/α,β-unsaturated/α-hetero) is 1. The van der Waals surface area contributed by atoms with E-state index in [-0.39, 0.29) is 16.4 Å². The number of methoxy groups -OCH3 is 1. The molecule has 2 N–H and O–H groups in total. The summed E-state index contributed by atoms with van der Waals surface area (Å²) < 4.78 is 32.7. The number of carbonyl (C=O) groups is 2. The van der Waals surface area contributed by atoms with Gasteiger partial charge in [-0.25, -0.2) is 8.42 Å². The number of hydrogen-bond donors (Lipinski definition) is 2. The molecule has 0 atom stereocenters. The second-order valence-electron chi connectivity index (χ2n) is 6.56. The van der Waals surface area contributed by atoms with Crippen molar-refractivity contribution in [2.75, 3.05) is 17.1 Å². The summed E-state index contributed by atoms with van der Waals surface area (Å²) in [5, 5.41) is 3.15. The van der Waals surface area contributed by atoms with Crippen molar-refractivity contribution in [2.45, 2.75) is 11.8 Å². The Morgan fingerprint density at radius 1 is 0.903 bits per heavy atom. The predicted molar refractivity (Wildman–Crippen MR) is 120 cm³/mol. The SMILES string of the molecule is COc1ccc(Cl)cc1NC(=O)c1ccc(NS(=O)(=O)c2ccc(C(C)=O)cc2)cc1. The van der Waals surface area contributed by atoms with E-state index in [1.54, 1.807) is 18.2 Å². The zero-order chi connectivity index (χ0) is 22.6. The third kappa shape index (κ3) is 5.42. The van der Waals surface area contributed by atoms with Gasteiger partial charge in [-0.1, -0.05) is 23.7 Å². The van der Waals surface area contributed by atoms with E-state index in [0.29, 0.717) is 27.6 Å². The summed E-state index contributed by atoms with van der Waals surface area (Å²) in [4.78, 5) is 23.9. The molecule has 0 bridgehead atoms. The van der Waals surface area contributed by atoms with E-state index in [1.165, 1.54) is 62.6 Å². The first-order chi connectivity index (χ1) is 14.7. The van der Waals surface area contributed by atoms with Crippen LogP contribution in [-0.4, -0.2) is 27.2 Å². The summed E-state index contributed by atoms with van der Waals surface area (Å²) in [5.41, 5.74) is 1.44. The van der Waals surface area contributed by atoms with E-state index < -0.39 is 15.9 Å². The van der Waals surface area contributed by atoms with Gasteiger partial charge in [0.05, 0.1) is 17.7 Å². The average molecular weight is 459 g/mol. The van der Waals surface area contributed by atoms with Crippen LogP contribution in [-0.2, 0) is 10.0 Å². The van der Waals surface area contributed by atoms with Gasteiger partial charge in [0.25, 0.3) is 15.9 Å². The fraction of sp³-hybridized carbons (Fsp3) is 0.0909. The summed E-state index contributed by atoms with van der Waals surface area (Å²) in [6.07, 6.45) is 0. The molecule has 7 nitrogen and oxygen atoms in total. The lowest BCUT2D eigenvalue weighted by atomic mass is 10.2. The fourth-order valence-electron chi connectivity index (χ4n) is 2.74. The summed E-state index contributed by atoms with van der Waals surface area (Å²) in [6, 6.07) is 16.4. The number of ketones is 1. The van der Waals surface area contributed by atoms with Crippen molar-refractivity contribution in [1.29, 1.82) is 0 Å². The van der Waals surface area contributed by atoms with E-state index in [2.05, 4.69) is 10.0 Å². The highest BCUT2D eigenvalue weighted by Gasteiger charge is 2.16. The number of sulfonamides is 1. The number of anilines is 2. The van der Waals surface area contributed by atoms with E-state index in [0.717, 1.165) is 0 Å². The highest BCUT2D eigenvalue weighted by Crippen LogP contribution is 2.28. The van der Waals surface area contributed by atoms with Crippen molar-refractivity contribution < 1.29 is 22.7 Å². The molecule has 0 aliphatic carbocycles. The van der Waals surface area contributed by atoms with Gasteiger partial charge in [0, 0.05) is 21.8 Å². The molecule has 0 radical (unpaired) electrons. The predicted octanol–water partition coefficient (Wildman–Crippen LogP) is 4.60. The summed E-state index contributed by atoms with van der Waals surface area (Å²) in [6.45, 7) is 1.40. The molecule has 0 saturated carbocycles. The number of carbonyl (C=O) groups excluding carboxylic acids is 2. The average Bonchev–Trinajstić information content (AvgIpc) is 2.74. The molecule has 9 heteroatoms. The van der Waals surface area contributed by atoms with Crippen LogP contribution in [0.15, 0.2) is 71.6 Å². The number of nitrogens with one attached hydrogen (secondary N) is 2. The lowest BCUT2D eigenvalue weighted by Crippen LogP contribution is -2.14. The van der Waals surface area contributed by atoms with Crippen molar-refractivity contribution in [2.24, 2.45) is 0 Å². The Kier molecular flexibility index (Phi) is 6.62. The lowest BCUT2D eigenvalue weighted by molar-refractivity contribution is 0.101. The second kappa shape index (κ2) is 9.20. The summed E-state index contributed by atoms with van der Waals surface area (Å²) in [5.74, 6) is -0.103. The van der Waals surface area contributed by atoms with Gasteiger partial charge in [0.2, 0.25) is 0 Å². The topological polar surface area (TPSA) is 102 Å². The Hall–Kier alpha value is -3.36. The normalized spacial score (nSPS) is 10.9. The molecule has 1 amide bonds. The molecular formula is C22H19ClN2O5S. The fourth-order valence-corrected chi connectivity index (χ4v) is 3.98. The van der Waals surface area contributed by atoms with Gasteiger partial charge in [-0.3, -0.25) is 14.3 Å².